The minimum atomic E-state index is -1.03. The minimum Gasteiger partial charge on any atom is -0.497 e. The monoisotopic (exact) mass is 288 g/mol. The van der Waals surface area contributed by atoms with E-state index in [1.807, 2.05) is 12.1 Å². The van der Waals surface area contributed by atoms with Gasteiger partial charge in [0.25, 0.3) is 0 Å². The SMILES string of the molecule is COc1ccc(-c2ccc(C(=O)O)c(OC)c2)c(OC)c1. The van der Waals surface area contributed by atoms with Crippen molar-refractivity contribution in [1.82, 2.24) is 0 Å². The molecule has 0 amide bonds. The number of ether oxygens (including phenoxy) is 3. The molecule has 21 heavy (non-hydrogen) atoms. The molecule has 0 saturated heterocycles. The number of hydrogen-bond acceptors (Lipinski definition) is 4. The average Bonchev–Trinajstić information content (AvgIpc) is 2.53. The molecule has 1 N–H and O–H groups in total. The van der Waals surface area contributed by atoms with Gasteiger partial charge in [0.05, 0.1) is 21.3 Å². The molecule has 2 aromatic rings. The van der Waals surface area contributed by atoms with E-state index in [1.165, 1.54) is 13.2 Å². The summed E-state index contributed by atoms with van der Waals surface area (Å²) < 4.78 is 15.7. The summed E-state index contributed by atoms with van der Waals surface area (Å²) in [5, 5.41) is 9.11. The number of rotatable bonds is 5. The third-order valence-electron chi connectivity index (χ3n) is 3.15. The van der Waals surface area contributed by atoms with Gasteiger partial charge in [-0.3, -0.25) is 0 Å². The molecular formula is C16H16O5. The summed E-state index contributed by atoms with van der Waals surface area (Å²) in [5.74, 6) is 0.599. The lowest BCUT2D eigenvalue weighted by atomic mass is 10.0. The van der Waals surface area contributed by atoms with Gasteiger partial charge in [-0.15, -0.1) is 0 Å². The molecule has 0 aliphatic carbocycles. The number of aromatic carboxylic acids is 1. The van der Waals surface area contributed by atoms with Gasteiger partial charge < -0.3 is 19.3 Å². The van der Waals surface area contributed by atoms with Gasteiger partial charge in [-0.25, -0.2) is 4.79 Å². The molecule has 5 nitrogen and oxygen atoms in total. The summed E-state index contributed by atoms with van der Waals surface area (Å²) in [7, 11) is 4.59. The molecule has 0 fully saturated rings. The largest absolute Gasteiger partial charge is 0.497 e. The van der Waals surface area contributed by atoms with Crippen LogP contribution in [-0.2, 0) is 0 Å². The first-order valence-corrected chi connectivity index (χ1v) is 6.24. The van der Waals surface area contributed by atoms with Crippen LogP contribution in [-0.4, -0.2) is 32.4 Å². The molecule has 0 radical (unpaired) electrons. The lowest BCUT2D eigenvalue weighted by Gasteiger charge is -2.12. The second kappa shape index (κ2) is 6.17. The fourth-order valence-corrected chi connectivity index (χ4v) is 2.07. The number of carboxylic acids is 1. The molecule has 0 saturated carbocycles. The standard InChI is InChI=1S/C16H16O5/c1-19-11-5-7-12(15(9-11)21-3)10-4-6-13(16(17)18)14(8-10)20-2/h4-9H,1-3H3,(H,17,18). The quantitative estimate of drug-likeness (QED) is 0.916. The van der Waals surface area contributed by atoms with Crippen molar-refractivity contribution in [1.29, 1.82) is 0 Å². The summed E-state index contributed by atoms with van der Waals surface area (Å²) in [6.07, 6.45) is 0. The molecule has 5 heteroatoms. The number of carboxylic acid groups (broad SMARTS) is 1. The highest BCUT2D eigenvalue weighted by Crippen LogP contribution is 2.35. The van der Waals surface area contributed by atoms with Crippen LogP contribution in [0.3, 0.4) is 0 Å². The van der Waals surface area contributed by atoms with Gasteiger partial charge in [0.2, 0.25) is 0 Å². The van der Waals surface area contributed by atoms with E-state index >= 15 is 0 Å². The second-order valence-corrected chi connectivity index (χ2v) is 4.29. The summed E-state index contributed by atoms with van der Waals surface area (Å²) in [6.45, 7) is 0. The maximum Gasteiger partial charge on any atom is 0.339 e. The average molecular weight is 288 g/mol. The van der Waals surface area contributed by atoms with Crippen molar-refractivity contribution in [3.63, 3.8) is 0 Å². The van der Waals surface area contributed by atoms with E-state index in [2.05, 4.69) is 0 Å². The Labute approximate surface area is 122 Å². The van der Waals surface area contributed by atoms with Gasteiger partial charge >= 0.3 is 5.97 Å². The maximum absolute atomic E-state index is 11.1. The Hall–Kier alpha value is -2.69. The third-order valence-corrected chi connectivity index (χ3v) is 3.15. The molecule has 0 bridgehead atoms. The zero-order chi connectivity index (χ0) is 15.4. The van der Waals surface area contributed by atoms with Crippen molar-refractivity contribution in [3.05, 3.63) is 42.0 Å². The summed E-state index contributed by atoms with van der Waals surface area (Å²) in [4.78, 5) is 11.1. The van der Waals surface area contributed by atoms with Crippen LogP contribution < -0.4 is 14.2 Å². The number of hydrogen-bond donors (Lipinski definition) is 1. The van der Waals surface area contributed by atoms with E-state index in [1.54, 1.807) is 32.4 Å². The van der Waals surface area contributed by atoms with E-state index in [9.17, 15) is 4.79 Å². The number of carbonyl (C=O) groups is 1. The van der Waals surface area contributed by atoms with E-state index < -0.39 is 5.97 Å². The molecule has 0 spiro atoms. The highest BCUT2D eigenvalue weighted by Gasteiger charge is 2.14. The zero-order valence-corrected chi connectivity index (χ0v) is 12.0. The Morgan fingerprint density at radius 3 is 2.19 bits per heavy atom. The van der Waals surface area contributed by atoms with Crippen molar-refractivity contribution < 1.29 is 24.1 Å². The molecule has 0 aliphatic rings. The van der Waals surface area contributed by atoms with Crippen LogP contribution in [0, 0.1) is 0 Å². The van der Waals surface area contributed by atoms with Crippen LogP contribution in [0.25, 0.3) is 11.1 Å². The van der Waals surface area contributed by atoms with Crippen LogP contribution in [0.2, 0.25) is 0 Å². The van der Waals surface area contributed by atoms with Crippen LogP contribution in [0.5, 0.6) is 17.2 Å². The van der Waals surface area contributed by atoms with E-state index in [0.717, 1.165) is 11.1 Å². The normalized spacial score (nSPS) is 10.0. The van der Waals surface area contributed by atoms with Gasteiger partial charge in [0.1, 0.15) is 22.8 Å². The van der Waals surface area contributed by atoms with E-state index in [4.69, 9.17) is 19.3 Å². The number of benzene rings is 2. The Bertz CT molecular complexity index is 664. The Morgan fingerprint density at radius 1 is 0.905 bits per heavy atom. The van der Waals surface area contributed by atoms with Crippen molar-refractivity contribution in [3.8, 4) is 28.4 Å². The molecule has 0 aromatic heterocycles. The second-order valence-electron chi connectivity index (χ2n) is 4.29. The predicted molar refractivity (Wildman–Crippen MR) is 78.5 cm³/mol. The van der Waals surface area contributed by atoms with Crippen LogP contribution in [0.1, 0.15) is 10.4 Å². The Kier molecular flexibility index (Phi) is 4.33. The van der Waals surface area contributed by atoms with Crippen molar-refractivity contribution >= 4 is 5.97 Å². The first-order valence-electron chi connectivity index (χ1n) is 6.24. The topological polar surface area (TPSA) is 65.0 Å². The summed E-state index contributed by atoms with van der Waals surface area (Å²) in [5.41, 5.74) is 1.75. The molecular weight excluding hydrogens is 272 g/mol. The van der Waals surface area contributed by atoms with Gasteiger partial charge in [-0.2, -0.15) is 0 Å². The van der Waals surface area contributed by atoms with Gasteiger partial charge in [-0.1, -0.05) is 6.07 Å². The molecule has 0 atom stereocenters. The first-order chi connectivity index (χ1) is 10.1. The fourth-order valence-electron chi connectivity index (χ4n) is 2.07. The van der Waals surface area contributed by atoms with Gasteiger partial charge in [0, 0.05) is 11.6 Å². The van der Waals surface area contributed by atoms with Gasteiger partial charge in [-0.05, 0) is 29.8 Å². The fraction of sp³-hybridized carbons (Fsp3) is 0.188. The summed E-state index contributed by atoms with van der Waals surface area (Å²) in [6, 6.07) is 10.3. The molecule has 0 heterocycles. The Balaban J connectivity index is 2.54. The predicted octanol–water partition coefficient (Wildman–Crippen LogP) is 3.08. The molecule has 0 unspecified atom stereocenters. The minimum absolute atomic E-state index is 0.119. The lowest BCUT2D eigenvalue weighted by Crippen LogP contribution is -2.00. The maximum atomic E-state index is 11.1. The smallest absolute Gasteiger partial charge is 0.339 e. The van der Waals surface area contributed by atoms with E-state index in [-0.39, 0.29) is 5.56 Å². The lowest BCUT2D eigenvalue weighted by molar-refractivity contribution is 0.0693. The number of methoxy groups -OCH3 is 3. The van der Waals surface area contributed by atoms with Crippen LogP contribution >= 0.6 is 0 Å². The van der Waals surface area contributed by atoms with Crippen molar-refractivity contribution in [2.24, 2.45) is 0 Å². The van der Waals surface area contributed by atoms with E-state index in [0.29, 0.717) is 17.2 Å². The highest BCUT2D eigenvalue weighted by atomic mass is 16.5. The highest BCUT2D eigenvalue weighted by molar-refractivity contribution is 5.92. The first kappa shape index (κ1) is 14.7. The zero-order valence-electron chi connectivity index (χ0n) is 12.0. The molecule has 110 valence electrons. The molecule has 2 aromatic carbocycles. The van der Waals surface area contributed by atoms with Crippen LogP contribution in [0.4, 0.5) is 0 Å². The van der Waals surface area contributed by atoms with Gasteiger partial charge in [0.15, 0.2) is 0 Å². The molecule has 0 aliphatic heterocycles. The van der Waals surface area contributed by atoms with Crippen molar-refractivity contribution in [2.75, 3.05) is 21.3 Å². The summed E-state index contributed by atoms with van der Waals surface area (Å²) >= 11 is 0. The van der Waals surface area contributed by atoms with Crippen molar-refractivity contribution in [2.45, 2.75) is 0 Å². The Morgan fingerprint density at radius 2 is 1.62 bits per heavy atom. The third kappa shape index (κ3) is 2.91. The van der Waals surface area contributed by atoms with Crippen LogP contribution in [0.15, 0.2) is 36.4 Å². The molecule has 2 rings (SSSR count).